The van der Waals surface area contributed by atoms with E-state index in [4.69, 9.17) is 43.0 Å². The molecule has 0 saturated heterocycles. The zero-order chi connectivity index (χ0) is 99.8. The molecule has 0 saturated carbocycles. The van der Waals surface area contributed by atoms with Crippen LogP contribution in [0, 0.1) is 0 Å². The Morgan fingerprint density at radius 1 is 0.233 bits per heavy atom. The fourth-order valence-electron chi connectivity index (χ4n) is 12.9. The highest BCUT2D eigenvalue weighted by Gasteiger charge is 2.14. The van der Waals surface area contributed by atoms with Gasteiger partial charge in [0.2, 0.25) is 6.29 Å². The topological polar surface area (TPSA) is 107 Å². The van der Waals surface area contributed by atoms with Crippen LogP contribution >= 0.6 is 0 Å². The summed E-state index contributed by atoms with van der Waals surface area (Å²) in [4.78, 5) is 0. The first-order chi connectivity index (χ1) is 63.5. The van der Waals surface area contributed by atoms with Crippen LogP contribution in [0.15, 0.2) is 294 Å². The molecule has 10 unspecified atom stereocenters. The van der Waals surface area contributed by atoms with Gasteiger partial charge in [0.15, 0.2) is 6.10 Å². The van der Waals surface area contributed by atoms with Crippen LogP contribution < -0.4 is 37.9 Å². The molecule has 0 aromatic heterocycles. The number of ether oxygens (including phenoxy) is 9. The third-order valence-corrected chi connectivity index (χ3v) is 23.4. The van der Waals surface area contributed by atoms with Gasteiger partial charge in [-0.25, -0.2) is 0 Å². The van der Waals surface area contributed by atoms with Crippen molar-refractivity contribution in [2.45, 2.75) is 362 Å². The third kappa shape index (κ3) is 51.8. The van der Waals surface area contributed by atoms with Crippen LogP contribution in [0.4, 0.5) is 0 Å². The highest BCUT2D eigenvalue weighted by atomic mass is 16.7. The lowest BCUT2D eigenvalue weighted by molar-refractivity contribution is 0.0106. The standard InChI is InChI=1S/C22H30O2.4C13H20O.3C12H16O.C10H14O.C3H6/c1-6-16(3)19-8-12-21(13-9-19)23-18(5)24-22-14-10-20(11-15-22)17(4)7-2;4*1-5-11(4)12-6-8-13(9-7-12)14-10(2)3;3*1-4-10(3)11-6-8-12(9-7-11)13-5-2;1-3-8(2)9-4-6-10(11)7-5-9;1-3-2/h8-18H,6-7H2,1-5H3;4*6-11H,5H2,1-4H3;3*5-10H,2,4H2,1,3H3;4-8,11H,3H2,1-2H3;3H,1H2,2H3/p+6. The normalized spacial score (nSPS) is 12.8. The van der Waals surface area contributed by atoms with Gasteiger partial charge >= 0.3 is 7.13 Å². The van der Waals surface area contributed by atoms with E-state index >= 15 is 0 Å². The minimum Gasteiger partial charge on any atom is -0.581 e. The summed E-state index contributed by atoms with van der Waals surface area (Å²) in [5.41, 5.74) is 13.7. The summed E-state index contributed by atoms with van der Waals surface area (Å²) in [5.74, 6) is 14.8. The summed E-state index contributed by atoms with van der Waals surface area (Å²) < 4.78 is 48.4. The second kappa shape index (κ2) is 70.8. The van der Waals surface area contributed by atoms with Gasteiger partial charge in [-0.15, -0.1) is 6.58 Å². The fraction of sp³-hybridized carbons (Fsp3) is 0.447. The van der Waals surface area contributed by atoms with Gasteiger partial charge in [-0.3, -0.25) is 0 Å². The largest absolute Gasteiger partial charge is 1.00 e. The van der Waals surface area contributed by atoms with Crippen molar-refractivity contribution in [2.24, 2.45) is 0 Å². The van der Waals surface area contributed by atoms with Crippen LogP contribution in [0.1, 0.15) is 394 Å². The summed E-state index contributed by atoms with van der Waals surface area (Å²) in [6.07, 6.45) is 18.6. The zero-order valence-corrected chi connectivity index (χ0v) is 88.1. The maximum Gasteiger partial charge on any atom is 1.00 e. The highest BCUT2D eigenvalue weighted by molar-refractivity contribution is 5.37. The van der Waals surface area contributed by atoms with Crippen molar-refractivity contribution in [3.05, 3.63) is 349 Å². The molecule has 10 nitrogen and oxygen atoms in total. The molecule has 133 heavy (non-hydrogen) atoms. The van der Waals surface area contributed by atoms with Crippen LogP contribution in [0.5, 0.6) is 57.5 Å². The maximum absolute atomic E-state index is 9.01. The Kier molecular flexibility index (Phi) is 64.0. The molecule has 0 bridgehead atoms. The average Bonchev–Trinajstić information content (AvgIpc) is 0.874. The molecule has 10 aromatic rings. The lowest BCUT2D eigenvalue weighted by Gasteiger charge is -2.18. The lowest BCUT2D eigenvalue weighted by Crippen LogP contribution is -2.19. The summed E-state index contributed by atoms with van der Waals surface area (Å²) in [5, 5.41) is 9.01. The monoisotopic (exact) mass is 1820 g/mol. The molecule has 10 aromatic carbocycles. The Balaban J connectivity index is -0.000000481. The molecule has 0 fully saturated rings. The van der Waals surface area contributed by atoms with Crippen LogP contribution in [0.25, 0.3) is 0 Å². The molecule has 0 aliphatic rings. The molecule has 730 valence electrons. The molecule has 0 amide bonds. The fourth-order valence-corrected chi connectivity index (χ4v) is 12.9. The van der Waals surface area contributed by atoms with E-state index in [0.717, 1.165) is 71.0 Å². The van der Waals surface area contributed by atoms with Gasteiger partial charge in [0.1, 0.15) is 51.7 Å². The quantitative estimate of drug-likeness (QED) is 0.0175. The van der Waals surface area contributed by atoms with E-state index in [1.165, 1.54) is 119 Å². The number of hydrogen-bond acceptors (Lipinski definition) is 9. The van der Waals surface area contributed by atoms with E-state index < -0.39 is 0 Å². The molecular weight excluding hydrogens is 1640 g/mol. The van der Waals surface area contributed by atoms with Crippen molar-refractivity contribution in [1.29, 1.82) is 0 Å². The summed E-state index contributed by atoms with van der Waals surface area (Å²) >= 11 is 0. The molecular formula is C123H184O10+6. The maximum atomic E-state index is 9.01. The Bertz CT molecular complexity index is 4110. The van der Waals surface area contributed by atoms with Crippen LogP contribution in [0.3, 0.4) is 0 Å². The number of benzene rings is 10. The number of hydrogen-bond donors (Lipinski definition) is 1. The molecule has 10 atom stereocenters. The highest BCUT2D eigenvalue weighted by Crippen LogP contribution is 2.32. The first-order valence-corrected chi connectivity index (χ1v) is 49.7. The molecule has 0 radical (unpaired) electrons. The first kappa shape index (κ1) is 120. The Labute approximate surface area is 818 Å². The van der Waals surface area contributed by atoms with E-state index in [-0.39, 0.29) is 31.7 Å². The molecule has 2 N–H and O–H groups in total. The zero-order valence-electron chi connectivity index (χ0n) is 93.1. The van der Waals surface area contributed by atoms with Crippen molar-refractivity contribution in [3.63, 3.8) is 0 Å². The average molecular weight is 1820 g/mol. The number of phenols is 1. The second-order valence-electron chi connectivity index (χ2n) is 35.6. The van der Waals surface area contributed by atoms with Gasteiger partial charge in [0.25, 0.3) is 5.75 Å². The van der Waals surface area contributed by atoms with E-state index in [1.54, 1.807) is 18.2 Å². The van der Waals surface area contributed by atoms with Gasteiger partial charge in [-0.1, -0.05) is 273 Å². The van der Waals surface area contributed by atoms with Gasteiger partial charge < -0.3 is 47.7 Å². The number of aliphatic hydroxyl groups is 1. The second-order valence-corrected chi connectivity index (χ2v) is 35.6. The predicted molar refractivity (Wildman–Crippen MR) is 582 cm³/mol. The van der Waals surface area contributed by atoms with Gasteiger partial charge in [0, 0.05) is 32.9 Å². The minimum absolute atomic E-state index is 0. The summed E-state index contributed by atoms with van der Waals surface area (Å²) in [6, 6.07) is 82.4. The van der Waals surface area contributed by atoms with Crippen molar-refractivity contribution in [3.8, 4) is 57.5 Å². The van der Waals surface area contributed by atoms with Gasteiger partial charge in [-0.05, 0) is 349 Å². The number of phenolic OH excluding ortho intramolecular Hbond substituents is 1. The Morgan fingerprint density at radius 3 is 0.519 bits per heavy atom. The smallest absolute Gasteiger partial charge is 0.581 e. The SMILES string of the molecule is C=CC.C=COc1ccc(C(C)CC)cc1.C=COc1ccc(C(C)CC)cc1.C=COc1ccc(C(C)CC)cc1.CCC(C)c1ccc(O)cc1.CCC(C)c1ccc(OC(C)C)cc1.CCC(C)c1ccc(OC(C)C)cc1.CCC(C)c1ccc(OC(C)C)cc1.CCC(C)c1ccc(OC(C)Oc2ccc(C(C)CC)cc2)cc1.CCC(C)c1ccc([OH+]C(C)C)cc1.[H+].[H+].[H+].[H+].[H+]. The summed E-state index contributed by atoms with van der Waals surface area (Å²) in [7, 11) is 0. The molecule has 0 aliphatic heterocycles. The molecule has 0 heterocycles. The number of rotatable bonds is 38. The summed E-state index contributed by atoms with van der Waals surface area (Å²) in [6.45, 7) is 78.5. The van der Waals surface area contributed by atoms with E-state index in [0.29, 0.717) is 71.0 Å². The first-order valence-electron chi connectivity index (χ1n) is 49.7. The predicted octanol–water partition coefficient (Wildman–Crippen LogP) is 38.2. The number of aromatic hydroxyl groups is 2. The van der Waals surface area contributed by atoms with E-state index in [1.807, 2.05) is 128 Å². The van der Waals surface area contributed by atoms with E-state index in [9.17, 15) is 0 Å². The van der Waals surface area contributed by atoms with Crippen molar-refractivity contribution < 1.29 is 54.9 Å². The minimum atomic E-state index is -0.325. The van der Waals surface area contributed by atoms with E-state index in [2.05, 4.69) is 341 Å². The van der Waals surface area contributed by atoms with Crippen molar-refractivity contribution in [1.82, 2.24) is 0 Å². The van der Waals surface area contributed by atoms with Crippen LogP contribution in [-0.4, -0.2) is 40.5 Å². The molecule has 10 rings (SSSR count). The lowest BCUT2D eigenvalue weighted by atomic mass is 9.99. The molecule has 0 spiro atoms. The van der Waals surface area contributed by atoms with Crippen LogP contribution in [0.2, 0.25) is 0 Å². The Hall–Kier alpha value is -10.8. The molecule has 0 aliphatic carbocycles. The van der Waals surface area contributed by atoms with Gasteiger partial charge in [-0.2, -0.15) is 0 Å². The van der Waals surface area contributed by atoms with Gasteiger partial charge in [0.05, 0.1) is 37.1 Å². The Morgan fingerprint density at radius 2 is 0.376 bits per heavy atom. The molecule has 10 heteroatoms. The third-order valence-electron chi connectivity index (χ3n) is 23.4. The van der Waals surface area contributed by atoms with Crippen molar-refractivity contribution in [2.75, 3.05) is 0 Å². The number of allylic oxidation sites excluding steroid dienone is 1. The van der Waals surface area contributed by atoms with Crippen molar-refractivity contribution >= 4 is 0 Å². The van der Waals surface area contributed by atoms with Crippen LogP contribution in [-0.2, 0) is 0 Å².